The number of aliphatic hydroxyl groups excluding tert-OH is 2. The molecule has 0 fully saturated rings. The van der Waals surface area contributed by atoms with Crippen molar-refractivity contribution in [3.05, 3.63) is 0 Å². The van der Waals surface area contributed by atoms with Gasteiger partial charge in [0, 0.05) is 0 Å². The molecule has 0 aliphatic heterocycles. The van der Waals surface area contributed by atoms with Crippen LogP contribution in [0.2, 0.25) is 0 Å². The zero-order valence-electron chi connectivity index (χ0n) is 17.2. The summed E-state index contributed by atoms with van der Waals surface area (Å²) in [4.78, 5) is 59.1. The highest BCUT2D eigenvalue weighted by Gasteiger charge is 2.34. The lowest BCUT2D eigenvalue weighted by molar-refractivity contribution is -0.146. The normalized spacial score (nSPS) is 17.1. The predicted molar refractivity (Wildman–Crippen MR) is 102 cm³/mol. The summed E-state index contributed by atoms with van der Waals surface area (Å²) in [5.41, 5.74) is 5.67. The number of amides is 3. The summed E-state index contributed by atoms with van der Waals surface area (Å²) >= 11 is 0. The molecule has 0 aromatic rings. The number of carbonyl (C=O) groups excluding carboxylic acids is 3. The molecule has 0 bridgehead atoms. The minimum atomic E-state index is -1.71. The maximum absolute atomic E-state index is 12.5. The van der Waals surface area contributed by atoms with Crippen LogP contribution in [0.25, 0.3) is 0 Å². The molecule has 13 heteroatoms. The molecule has 13 nitrogen and oxygen atoms in total. The van der Waals surface area contributed by atoms with Gasteiger partial charge >= 0.3 is 11.9 Å². The molecule has 0 saturated heterocycles. The van der Waals surface area contributed by atoms with E-state index >= 15 is 0 Å². The molecule has 0 aromatic carbocycles. The number of hydrogen-bond acceptors (Lipinski definition) is 8. The first-order valence-corrected chi connectivity index (χ1v) is 9.16. The standard InChI is InChI=1S/C17H30N4O9/c1-6(2)11(18)15(27)19-9(5-10(24)25)14(26)20-12(7(3)22)16(28)21-13(8(4)23)17(29)30/h6-9,11-13,22-23H,5,18H2,1-4H3,(H,19,27)(H,20,26)(H,21,28)(H,24,25)(H,29,30). The van der Waals surface area contributed by atoms with Gasteiger partial charge in [0.2, 0.25) is 17.7 Å². The molecule has 30 heavy (non-hydrogen) atoms. The van der Waals surface area contributed by atoms with Crippen LogP contribution < -0.4 is 21.7 Å². The van der Waals surface area contributed by atoms with Gasteiger partial charge in [0.15, 0.2) is 6.04 Å². The highest BCUT2D eigenvalue weighted by atomic mass is 16.4. The first-order chi connectivity index (χ1) is 13.7. The first kappa shape index (κ1) is 27.2. The summed E-state index contributed by atoms with van der Waals surface area (Å²) in [5.74, 6) is -6.30. The Balaban J connectivity index is 5.46. The molecule has 172 valence electrons. The Kier molecular flexibility index (Phi) is 10.9. The summed E-state index contributed by atoms with van der Waals surface area (Å²) in [7, 11) is 0. The zero-order valence-corrected chi connectivity index (χ0v) is 17.2. The first-order valence-electron chi connectivity index (χ1n) is 9.16. The van der Waals surface area contributed by atoms with Crippen molar-refractivity contribution >= 4 is 29.7 Å². The molecule has 0 aliphatic carbocycles. The molecular weight excluding hydrogens is 404 g/mol. The lowest BCUT2D eigenvalue weighted by atomic mass is 10.0. The summed E-state index contributed by atoms with van der Waals surface area (Å²) in [5, 5.41) is 43.5. The second kappa shape index (κ2) is 12.0. The summed E-state index contributed by atoms with van der Waals surface area (Å²) in [6.45, 7) is 5.53. The van der Waals surface area contributed by atoms with Crippen LogP contribution >= 0.6 is 0 Å². The molecule has 0 aliphatic rings. The molecule has 0 rings (SSSR count). The summed E-state index contributed by atoms with van der Waals surface area (Å²) < 4.78 is 0. The number of carbonyl (C=O) groups is 5. The smallest absolute Gasteiger partial charge is 0.328 e. The number of nitrogens with one attached hydrogen (secondary N) is 3. The van der Waals surface area contributed by atoms with E-state index in [1.807, 2.05) is 5.32 Å². The van der Waals surface area contributed by atoms with Gasteiger partial charge in [0.1, 0.15) is 12.1 Å². The fourth-order valence-corrected chi connectivity index (χ4v) is 2.25. The van der Waals surface area contributed by atoms with Crippen molar-refractivity contribution in [2.75, 3.05) is 0 Å². The lowest BCUT2D eigenvalue weighted by Gasteiger charge is -2.27. The Labute approximate surface area is 173 Å². The van der Waals surface area contributed by atoms with Gasteiger partial charge in [-0.25, -0.2) is 4.79 Å². The van der Waals surface area contributed by atoms with E-state index in [2.05, 4.69) is 10.6 Å². The van der Waals surface area contributed by atoms with Crippen molar-refractivity contribution in [2.45, 2.75) is 70.5 Å². The van der Waals surface area contributed by atoms with Crippen LogP contribution in [-0.4, -0.2) is 86.5 Å². The number of rotatable bonds is 12. The number of aliphatic hydroxyl groups is 2. The lowest BCUT2D eigenvalue weighted by Crippen LogP contribution is -2.61. The van der Waals surface area contributed by atoms with Crippen molar-refractivity contribution in [1.82, 2.24) is 16.0 Å². The number of aliphatic carboxylic acids is 2. The van der Waals surface area contributed by atoms with Crippen molar-refractivity contribution in [2.24, 2.45) is 11.7 Å². The Morgan fingerprint density at radius 1 is 0.767 bits per heavy atom. The molecule has 0 aromatic heterocycles. The third-order valence-electron chi connectivity index (χ3n) is 4.14. The van der Waals surface area contributed by atoms with Crippen molar-refractivity contribution in [3.63, 3.8) is 0 Å². The van der Waals surface area contributed by atoms with E-state index in [1.165, 1.54) is 0 Å². The van der Waals surface area contributed by atoms with Crippen LogP contribution in [0.3, 0.4) is 0 Å². The second-order valence-electron chi connectivity index (χ2n) is 7.22. The van der Waals surface area contributed by atoms with Crippen molar-refractivity contribution in [1.29, 1.82) is 0 Å². The van der Waals surface area contributed by atoms with Gasteiger partial charge in [0.05, 0.1) is 24.7 Å². The van der Waals surface area contributed by atoms with E-state index in [0.29, 0.717) is 0 Å². The van der Waals surface area contributed by atoms with Gasteiger partial charge in [0.25, 0.3) is 0 Å². The molecule has 6 atom stereocenters. The average Bonchev–Trinajstić information content (AvgIpc) is 2.60. The van der Waals surface area contributed by atoms with E-state index in [9.17, 15) is 34.2 Å². The number of nitrogens with two attached hydrogens (primary N) is 1. The molecule has 6 unspecified atom stereocenters. The fourth-order valence-electron chi connectivity index (χ4n) is 2.25. The fraction of sp³-hybridized carbons (Fsp3) is 0.706. The van der Waals surface area contributed by atoms with Gasteiger partial charge < -0.3 is 42.1 Å². The highest BCUT2D eigenvalue weighted by molar-refractivity contribution is 5.95. The molecule has 0 saturated carbocycles. The van der Waals surface area contributed by atoms with Crippen LogP contribution in [0, 0.1) is 5.92 Å². The van der Waals surface area contributed by atoms with Crippen molar-refractivity contribution in [3.8, 4) is 0 Å². The Bertz CT molecular complexity index is 651. The third-order valence-corrected chi connectivity index (χ3v) is 4.14. The van der Waals surface area contributed by atoms with E-state index in [1.54, 1.807) is 13.8 Å². The van der Waals surface area contributed by atoms with E-state index < -0.39 is 72.5 Å². The van der Waals surface area contributed by atoms with Gasteiger partial charge in [-0.15, -0.1) is 0 Å². The largest absolute Gasteiger partial charge is 0.481 e. The summed E-state index contributed by atoms with van der Waals surface area (Å²) in [6.07, 6.45) is -3.83. The Morgan fingerprint density at radius 3 is 1.60 bits per heavy atom. The van der Waals surface area contributed by atoms with E-state index in [4.69, 9.17) is 15.9 Å². The van der Waals surface area contributed by atoms with Gasteiger partial charge in [-0.1, -0.05) is 13.8 Å². The van der Waals surface area contributed by atoms with Crippen molar-refractivity contribution < 1.29 is 44.4 Å². The Hall–Kier alpha value is -2.77. The van der Waals surface area contributed by atoms with Crippen LogP contribution in [0.4, 0.5) is 0 Å². The SMILES string of the molecule is CC(C)C(N)C(=O)NC(CC(=O)O)C(=O)NC(C(=O)NC(C(=O)O)C(C)O)C(C)O. The van der Waals surface area contributed by atoms with Gasteiger partial charge in [-0.05, 0) is 19.8 Å². The number of hydrogen-bond donors (Lipinski definition) is 8. The van der Waals surface area contributed by atoms with E-state index in [-0.39, 0.29) is 5.92 Å². The van der Waals surface area contributed by atoms with E-state index in [0.717, 1.165) is 13.8 Å². The van der Waals surface area contributed by atoms with Gasteiger partial charge in [-0.3, -0.25) is 19.2 Å². The number of carboxylic acid groups (broad SMARTS) is 2. The quantitative estimate of drug-likeness (QED) is 0.153. The molecular formula is C17H30N4O9. The number of carboxylic acids is 2. The average molecular weight is 434 g/mol. The molecule has 0 radical (unpaired) electrons. The van der Waals surface area contributed by atoms with Crippen LogP contribution in [0.5, 0.6) is 0 Å². The molecule has 9 N–H and O–H groups in total. The maximum Gasteiger partial charge on any atom is 0.328 e. The summed E-state index contributed by atoms with van der Waals surface area (Å²) in [6, 6.07) is -6.03. The minimum Gasteiger partial charge on any atom is -0.481 e. The monoisotopic (exact) mass is 434 g/mol. The second-order valence-corrected chi connectivity index (χ2v) is 7.22. The topological polar surface area (TPSA) is 228 Å². The van der Waals surface area contributed by atoms with Crippen LogP contribution in [0.15, 0.2) is 0 Å². The zero-order chi connectivity index (χ0) is 23.8. The highest BCUT2D eigenvalue weighted by Crippen LogP contribution is 2.03. The minimum absolute atomic E-state index is 0.303. The maximum atomic E-state index is 12.5. The van der Waals surface area contributed by atoms with Crippen LogP contribution in [0.1, 0.15) is 34.1 Å². The third kappa shape index (κ3) is 8.71. The Morgan fingerprint density at radius 2 is 1.23 bits per heavy atom. The van der Waals surface area contributed by atoms with Gasteiger partial charge in [-0.2, -0.15) is 0 Å². The predicted octanol–water partition coefficient (Wildman–Crippen LogP) is -3.25. The molecule has 0 spiro atoms. The van der Waals surface area contributed by atoms with Crippen LogP contribution in [-0.2, 0) is 24.0 Å². The molecule has 0 heterocycles. The molecule has 3 amide bonds.